The molecule has 0 bridgehead atoms. The lowest BCUT2D eigenvalue weighted by molar-refractivity contribution is 0.0697. The van der Waals surface area contributed by atoms with Crippen LogP contribution in [0.2, 0.25) is 0 Å². The molecule has 1 saturated heterocycles. The molecule has 3 heterocycles. The number of rotatable bonds is 3. The molecule has 0 spiro atoms. The molecular formula is C17H17F2N5O3S. The number of aromatic nitrogens is 1. The molecule has 2 aromatic heterocycles. The van der Waals surface area contributed by atoms with Crippen LogP contribution in [-0.2, 0) is 0 Å². The van der Waals surface area contributed by atoms with E-state index in [2.05, 4.69) is 5.43 Å². The van der Waals surface area contributed by atoms with Gasteiger partial charge < -0.3 is 25.6 Å². The number of thiazole rings is 1. The van der Waals surface area contributed by atoms with Gasteiger partial charge in [-0.3, -0.25) is 10.6 Å². The van der Waals surface area contributed by atoms with Crippen LogP contribution >= 0.6 is 11.3 Å². The zero-order valence-electron chi connectivity index (χ0n) is 14.8. The number of pyridine rings is 1. The van der Waals surface area contributed by atoms with E-state index in [0.29, 0.717) is 18.7 Å². The SMILES string of the molecule is Cc1csc2c(C(=O)O)c(=O)c3c(NN)c(F)c(N4CCC(N)C4)c(F)c3n12. The standard InChI is InChI=1S/C17H17F2N5O3S/c1-6-5-28-16-9(17(26)27)15(25)8-12(22-21)10(18)14(11(19)13(8)24(6)16)23-3-2-7(20)4-23/h5,7,22H,2-4,20-21H2,1H3,(H,26,27). The van der Waals surface area contributed by atoms with E-state index in [0.717, 1.165) is 11.3 Å². The molecule has 1 unspecified atom stereocenters. The molecule has 1 aliphatic rings. The highest BCUT2D eigenvalue weighted by atomic mass is 32.1. The van der Waals surface area contributed by atoms with Crippen molar-refractivity contribution in [3.63, 3.8) is 0 Å². The van der Waals surface area contributed by atoms with Crippen LogP contribution in [0.5, 0.6) is 0 Å². The molecule has 148 valence electrons. The number of benzene rings is 1. The zero-order valence-corrected chi connectivity index (χ0v) is 15.6. The van der Waals surface area contributed by atoms with Gasteiger partial charge in [-0.1, -0.05) is 0 Å². The first-order valence-corrected chi connectivity index (χ1v) is 9.33. The summed E-state index contributed by atoms with van der Waals surface area (Å²) in [7, 11) is 0. The number of fused-ring (bicyclic) bond motifs is 3. The second kappa shape index (κ2) is 6.40. The number of hydrogen-bond acceptors (Lipinski definition) is 7. The number of halogens is 2. The van der Waals surface area contributed by atoms with E-state index < -0.39 is 39.7 Å². The minimum absolute atomic E-state index is 0.0695. The Morgan fingerprint density at radius 2 is 2.11 bits per heavy atom. The number of carbonyl (C=O) groups is 1. The van der Waals surface area contributed by atoms with Crippen LogP contribution in [-0.4, -0.2) is 34.6 Å². The molecule has 1 atom stereocenters. The largest absolute Gasteiger partial charge is 0.477 e. The van der Waals surface area contributed by atoms with Gasteiger partial charge >= 0.3 is 5.97 Å². The van der Waals surface area contributed by atoms with Gasteiger partial charge in [0.2, 0.25) is 5.43 Å². The third kappa shape index (κ3) is 2.40. The van der Waals surface area contributed by atoms with Gasteiger partial charge in [0.25, 0.3) is 0 Å². The predicted molar refractivity (Wildman–Crippen MR) is 103 cm³/mol. The lowest BCUT2D eigenvalue weighted by Crippen LogP contribution is -2.29. The van der Waals surface area contributed by atoms with Gasteiger partial charge in [-0.25, -0.2) is 13.6 Å². The van der Waals surface area contributed by atoms with Gasteiger partial charge in [0.15, 0.2) is 11.6 Å². The Kier molecular flexibility index (Phi) is 4.25. The van der Waals surface area contributed by atoms with Crippen LogP contribution in [0.4, 0.5) is 20.2 Å². The molecule has 3 aromatic rings. The molecule has 0 saturated carbocycles. The summed E-state index contributed by atoms with van der Waals surface area (Å²) in [5.41, 5.74) is 5.95. The molecule has 0 aliphatic carbocycles. The Morgan fingerprint density at radius 3 is 2.68 bits per heavy atom. The van der Waals surface area contributed by atoms with Crippen LogP contribution in [0.1, 0.15) is 22.5 Å². The highest BCUT2D eigenvalue weighted by Crippen LogP contribution is 2.39. The Bertz CT molecular complexity index is 1210. The summed E-state index contributed by atoms with van der Waals surface area (Å²) in [6, 6.07) is -0.233. The van der Waals surface area contributed by atoms with Crippen molar-refractivity contribution in [1.29, 1.82) is 0 Å². The summed E-state index contributed by atoms with van der Waals surface area (Å²) in [6.07, 6.45) is 0.563. The smallest absolute Gasteiger partial charge is 0.342 e. The minimum atomic E-state index is -1.48. The third-order valence-corrected chi connectivity index (χ3v) is 6.09. The maximum absolute atomic E-state index is 15.6. The number of hydrogen-bond donors (Lipinski definition) is 4. The molecule has 4 rings (SSSR count). The van der Waals surface area contributed by atoms with Gasteiger partial charge in [-0.15, -0.1) is 11.3 Å². The Balaban J connectivity index is 2.26. The van der Waals surface area contributed by atoms with Gasteiger partial charge in [0.1, 0.15) is 21.8 Å². The van der Waals surface area contributed by atoms with Gasteiger partial charge in [-0.05, 0) is 13.3 Å². The van der Waals surface area contributed by atoms with Crippen LogP contribution in [0.3, 0.4) is 0 Å². The lowest BCUT2D eigenvalue weighted by Gasteiger charge is -2.23. The first-order valence-electron chi connectivity index (χ1n) is 8.45. The topological polar surface area (TPSA) is 126 Å². The highest BCUT2D eigenvalue weighted by molar-refractivity contribution is 7.16. The van der Waals surface area contributed by atoms with E-state index >= 15 is 8.78 Å². The summed E-state index contributed by atoms with van der Waals surface area (Å²) >= 11 is 0.999. The highest BCUT2D eigenvalue weighted by Gasteiger charge is 2.32. The van der Waals surface area contributed by atoms with Crippen LogP contribution in [0.15, 0.2) is 10.2 Å². The Morgan fingerprint density at radius 1 is 1.39 bits per heavy atom. The third-order valence-electron chi connectivity index (χ3n) is 5.02. The van der Waals surface area contributed by atoms with E-state index in [9.17, 15) is 14.7 Å². The van der Waals surface area contributed by atoms with Crippen molar-refractivity contribution in [2.75, 3.05) is 23.4 Å². The second-order valence-electron chi connectivity index (χ2n) is 6.74. The second-order valence-corrected chi connectivity index (χ2v) is 7.60. The molecule has 6 N–H and O–H groups in total. The fourth-order valence-electron chi connectivity index (χ4n) is 3.77. The molecule has 1 aliphatic heterocycles. The van der Waals surface area contributed by atoms with Crippen LogP contribution in [0, 0.1) is 18.6 Å². The molecule has 0 radical (unpaired) electrons. The minimum Gasteiger partial charge on any atom is -0.477 e. The predicted octanol–water partition coefficient (Wildman–Crippen LogP) is 1.62. The maximum atomic E-state index is 15.6. The normalized spacial score (nSPS) is 17.0. The summed E-state index contributed by atoms with van der Waals surface area (Å²) in [5, 5.41) is 10.7. The van der Waals surface area contributed by atoms with Crippen LogP contribution < -0.4 is 27.3 Å². The van der Waals surface area contributed by atoms with Crippen molar-refractivity contribution in [3.05, 3.63) is 38.5 Å². The van der Waals surface area contributed by atoms with Crippen molar-refractivity contribution in [3.8, 4) is 0 Å². The summed E-state index contributed by atoms with van der Waals surface area (Å²) < 4.78 is 32.2. The van der Waals surface area contributed by atoms with Crippen molar-refractivity contribution < 1.29 is 18.7 Å². The molecule has 11 heteroatoms. The van der Waals surface area contributed by atoms with Crippen molar-refractivity contribution >= 4 is 44.4 Å². The van der Waals surface area contributed by atoms with E-state index in [4.69, 9.17) is 11.6 Å². The molecule has 8 nitrogen and oxygen atoms in total. The quantitative estimate of drug-likeness (QED) is 0.383. The van der Waals surface area contributed by atoms with Gasteiger partial charge in [0.05, 0.1) is 10.9 Å². The first kappa shape index (κ1) is 18.6. The number of nitrogens with one attached hydrogen (secondary N) is 1. The van der Waals surface area contributed by atoms with E-state index in [1.807, 2.05) is 0 Å². The van der Waals surface area contributed by atoms with E-state index in [-0.39, 0.29) is 28.6 Å². The Labute approximate surface area is 160 Å². The van der Waals surface area contributed by atoms with E-state index in [1.165, 1.54) is 9.30 Å². The molecule has 28 heavy (non-hydrogen) atoms. The molecule has 1 aromatic carbocycles. The van der Waals surface area contributed by atoms with Gasteiger partial charge in [-0.2, -0.15) is 0 Å². The Hall–Kier alpha value is -2.76. The number of carboxylic acid groups (broad SMARTS) is 1. The number of nitrogen functional groups attached to an aromatic ring is 1. The lowest BCUT2D eigenvalue weighted by atomic mass is 10.1. The fourth-order valence-corrected chi connectivity index (χ4v) is 4.79. The first-order chi connectivity index (χ1) is 13.3. The van der Waals surface area contributed by atoms with Crippen molar-refractivity contribution in [1.82, 2.24) is 4.40 Å². The molecule has 0 amide bonds. The summed E-state index contributed by atoms with van der Waals surface area (Å²) in [5.74, 6) is 1.98. The summed E-state index contributed by atoms with van der Waals surface area (Å²) in [4.78, 5) is 26.2. The van der Waals surface area contributed by atoms with E-state index in [1.54, 1.807) is 12.3 Å². The summed E-state index contributed by atoms with van der Waals surface area (Å²) in [6.45, 7) is 2.23. The number of anilines is 2. The average Bonchev–Trinajstić information content (AvgIpc) is 3.21. The number of nitrogens with zero attached hydrogens (tertiary/aromatic N) is 2. The zero-order chi connectivity index (χ0) is 20.3. The number of aromatic carboxylic acids is 1. The number of hydrazine groups is 1. The number of carboxylic acids is 1. The van der Waals surface area contributed by atoms with Gasteiger partial charge in [0, 0.05) is 30.2 Å². The van der Waals surface area contributed by atoms with Crippen molar-refractivity contribution in [2.45, 2.75) is 19.4 Å². The molecular weight excluding hydrogens is 392 g/mol. The fraction of sp³-hybridized carbons (Fsp3) is 0.294. The monoisotopic (exact) mass is 409 g/mol. The molecule has 1 fully saturated rings. The van der Waals surface area contributed by atoms with Crippen molar-refractivity contribution in [2.24, 2.45) is 11.6 Å². The number of aryl methyl sites for hydroxylation is 1. The average molecular weight is 409 g/mol. The maximum Gasteiger partial charge on any atom is 0.342 e. The number of nitrogens with two attached hydrogens (primary N) is 2. The van der Waals surface area contributed by atoms with Crippen LogP contribution in [0.25, 0.3) is 15.7 Å².